The zero-order chi connectivity index (χ0) is 11.2. The second-order valence-corrected chi connectivity index (χ2v) is 4.56. The number of nitrogens with zero attached hydrogens (tertiary/aromatic N) is 1. The van der Waals surface area contributed by atoms with E-state index in [0.29, 0.717) is 19.6 Å². The Morgan fingerprint density at radius 2 is 2.19 bits per heavy atom. The molecule has 2 rings (SSSR count). The van der Waals surface area contributed by atoms with Crippen LogP contribution < -0.4 is 0 Å². The monoisotopic (exact) mass is 215 g/mol. The van der Waals surface area contributed by atoms with Gasteiger partial charge in [0.1, 0.15) is 6.61 Å². The normalized spacial score (nSPS) is 29.8. The van der Waals surface area contributed by atoms with E-state index in [0.717, 1.165) is 24.2 Å². The lowest BCUT2D eigenvalue weighted by atomic mass is 9.91. The summed E-state index contributed by atoms with van der Waals surface area (Å²) in [6.45, 7) is 0.973. The second-order valence-electron chi connectivity index (χ2n) is 4.56. The van der Waals surface area contributed by atoms with Crippen LogP contribution in [0.5, 0.6) is 0 Å². The average molecular weight is 215 g/mol. The van der Waals surface area contributed by atoms with Crippen molar-refractivity contribution >= 4 is 0 Å². The quantitative estimate of drug-likeness (QED) is 0.410. The first kappa shape index (κ1) is 11.2. The molecular formula is C14H17NO. The van der Waals surface area contributed by atoms with E-state index < -0.39 is 0 Å². The highest BCUT2D eigenvalue weighted by Gasteiger charge is 2.34. The Morgan fingerprint density at radius 1 is 1.25 bits per heavy atom. The molecule has 0 heterocycles. The van der Waals surface area contributed by atoms with E-state index in [2.05, 4.69) is 24.0 Å². The molecule has 0 amide bonds. The molecule has 2 bridgehead atoms. The van der Waals surface area contributed by atoms with Gasteiger partial charge in [-0.1, -0.05) is 18.1 Å². The lowest BCUT2D eigenvalue weighted by Crippen LogP contribution is -2.05. The molecule has 0 radical (unpaired) electrons. The molecule has 0 unspecified atom stereocenters. The zero-order valence-corrected chi connectivity index (χ0v) is 9.48. The Balaban J connectivity index is 1.59. The minimum absolute atomic E-state index is 0.457. The Hall–Kier alpha value is -1.25. The topological polar surface area (TPSA) is 33.0 Å². The number of hydrogen-bond acceptors (Lipinski definition) is 2. The third-order valence-electron chi connectivity index (χ3n) is 3.44. The van der Waals surface area contributed by atoms with E-state index in [1.165, 1.54) is 12.8 Å². The van der Waals surface area contributed by atoms with Crippen molar-refractivity contribution in [2.24, 2.45) is 17.8 Å². The first-order valence-corrected chi connectivity index (χ1v) is 5.99. The van der Waals surface area contributed by atoms with Gasteiger partial charge in [-0.05, 0) is 30.6 Å². The van der Waals surface area contributed by atoms with Crippen LogP contribution in [-0.4, -0.2) is 13.2 Å². The SMILES string of the molecule is N#CCCOCC#CC[C@H]1C[C@@H]2C=C[C@@H]1C2. The molecule has 1 saturated carbocycles. The van der Waals surface area contributed by atoms with E-state index in [-0.39, 0.29) is 0 Å². The molecule has 0 aromatic heterocycles. The van der Waals surface area contributed by atoms with Gasteiger partial charge in [0, 0.05) is 6.42 Å². The van der Waals surface area contributed by atoms with Gasteiger partial charge in [0.05, 0.1) is 19.1 Å². The molecule has 0 spiro atoms. The highest BCUT2D eigenvalue weighted by Crippen LogP contribution is 2.44. The van der Waals surface area contributed by atoms with Crippen molar-refractivity contribution in [1.82, 2.24) is 0 Å². The van der Waals surface area contributed by atoms with Crippen LogP contribution in [0.2, 0.25) is 0 Å². The lowest BCUT2D eigenvalue weighted by Gasteiger charge is -2.14. The fraction of sp³-hybridized carbons (Fsp3) is 0.643. The molecule has 3 atom stereocenters. The molecule has 0 aromatic carbocycles. The van der Waals surface area contributed by atoms with Crippen molar-refractivity contribution in [2.45, 2.75) is 25.7 Å². The van der Waals surface area contributed by atoms with Crippen LogP contribution in [0.15, 0.2) is 12.2 Å². The van der Waals surface area contributed by atoms with Crippen LogP contribution in [0.4, 0.5) is 0 Å². The molecule has 1 fully saturated rings. The maximum Gasteiger partial charge on any atom is 0.107 e. The van der Waals surface area contributed by atoms with Crippen molar-refractivity contribution in [2.75, 3.05) is 13.2 Å². The van der Waals surface area contributed by atoms with Gasteiger partial charge in [0.15, 0.2) is 0 Å². The van der Waals surface area contributed by atoms with Crippen LogP contribution in [-0.2, 0) is 4.74 Å². The second kappa shape index (κ2) is 5.73. The number of allylic oxidation sites excluding steroid dienone is 2. The number of fused-ring (bicyclic) bond motifs is 2. The van der Waals surface area contributed by atoms with E-state index in [1.54, 1.807) is 0 Å². The third-order valence-corrected chi connectivity index (χ3v) is 3.44. The molecule has 84 valence electrons. The van der Waals surface area contributed by atoms with Crippen LogP contribution in [0.25, 0.3) is 0 Å². The van der Waals surface area contributed by atoms with Crippen LogP contribution in [0.1, 0.15) is 25.7 Å². The fourth-order valence-corrected chi connectivity index (χ4v) is 2.62. The summed E-state index contributed by atoms with van der Waals surface area (Å²) in [6, 6.07) is 2.04. The first-order valence-electron chi connectivity index (χ1n) is 5.99. The van der Waals surface area contributed by atoms with Gasteiger partial charge in [-0.15, -0.1) is 5.92 Å². The predicted molar refractivity (Wildman–Crippen MR) is 62.3 cm³/mol. The minimum atomic E-state index is 0.457. The lowest BCUT2D eigenvalue weighted by molar-refractivity contribution is 0.173. The highest BCUT2D eigenvalue weighted by atomic mass is 16.5. The standard InChI is InChI=1S/C14H17NO/c15-7-3-9-16-8-2-1-4-13-10-12-5-6-14(13)11-12/h5-6,12-14H,3-4,8-11H2/t12-,13-,14+/m0/s1. The van der Waals surface area contributed by atoms with E-state index in [1.807, 2.05) is 6.07 Å². The molecule has 0 aromatic rings. The average Bonchev–Trinajstić information content (AvgIpc) is 2.90. The molecule has 0 aliphatic heterocycles. The van der Waals surface area contributed by atoms with Crippen LogP contribution >= 0.6 is 0 Å². The van der Waals surface area contributed by atoms with Gasteiger partial charge in [-0.2, -0.15) is 5.26 Å². The summed E-state index contributed by atoms with van der Waals surface area (Å²) in [5.41, 5.74) is 0. The number of hydrogen-bond donors (Lipinski definition) is 0. The van der Waals surface area contributed by atoms with Gasteiger partial charge >= 0.3 is 0 Å². The Morgan fingerprint density at radius 3 is 2.88 bits per heavy atom. The van der Waals surface area contributed by atoms with Crippen molar-refractivity contribution in [3.05, 3.63) is 12.2 Å². The summed E-state index contributed by atoms with van der Waals surface area (Å²) in [6.07, 6.45) is 8.87. The fourth-order valence-electron chi connectivity index (χ4n) is 2.62. The summed E-state index contributed by atoms with van der Waals surface area (Å²) in [5, 5.41) is 8.30. The van der Waals surface area contributed by atoms with E-state index >= 15 is 0 Å². The largest absolute Gasteiger partial charge is 0.368 e. The van der Waals surface area contributed by atoms with Crippen molar-refractivity contribution in [1.29, 1.82) is 5.26 Å². The van der Waals surface area contributed by atoms with Crippen LogP contribution in [0, 0.1) is 40.9 Å². The molecule has 2 heteroatoms. The molecular weight excluding hydrogens is 198 g/mol. The number of nitriles is 1. The van der Waals surface area contributed by atoms with Gasteiger partial charge in [0.2, 0.25) is 0 Å². The smallest absolute Gasteiger partial charge is 0.107 e. The van der Waals surface area contributed by atoms with Gasteiger partial charge in [-0.25, -0.2) is 0 Å². The van der Waals surface area contributed by atoms with Crippen molar-refractivity contribution in [3.8, 4) is 17.9 Å². The Labute approximate surface area is 97.3 Å². The number of ether oxygens (including phenoxy) is 1. The summed E-state index contributed by atoms with van der Waals surface area (Å²) in [5.74, 6) is 8.63. The van der Waals surface area contributed by atoms with E-state index in [9.17, 15) is 0 Å². The molecule has 2 aliphatic rings. The summed E-state index contributed by atoms with van der Waals surface area (Å²) >= 11 is 0. The third kappa shape index (κ3) is 2.87. The maximum absolute atomic E-state index is 8.30. The van der Waals surface area contributed by atoms with Crippen LogP contribution in [0.3, 0.4) is 0 Å². The summed E-state index contributed by atoms with van der Waals surface area (Å²) < 4.78 is 5.19. The molecule has 0 N–H and O–H groups in total. The van der Waals surface area contributed by atoms with Crippen molar-refractivity contribution in [3.63, 3.8) is 0 Å². The van der Waals surface area contributed by atoms with E-state index in [4.69, 9.17) is 10.00 Å². The maximum atomic E-state index is 8.30. The summed E-state index contributed by atoms with van der Waals surface area (Å²) in [4.78, 5) is 0. The minimum Gasteiger partial charge on any atom is -0.368 e. The molecule has 0 saturated heterocycles. The predicted octanol–water partition coefficient (Wildman–Crippen LogP) is 2.52. The van der Waals surface area contributed by atoms with Gasteiger partial charge in [0.25, 0.3) is 0 Å². The van der Waals surface area contributed by atoms with Crippen molar-refractivity contribution < 1.29 is 4.74 Å². The molecule has 2 aliphatic carbocycles. The van der Waals surface area contributed by atoms with Gasteiger partial charge < -0.3 is 4.74 Å². The summed E-state index contributed by atoms with van der Waals surface area (Å²) in [7, 11) is 0. The first-order chi connectivity index (χ1) is 7.90. The zero-order valence-electron chi connectivity index (χ0n) is 9.48. The highest BCUT2D eigenvalue weighted by molar-refractivity contribution is 5.13. The molecule has 16 heavy (non-hydrogen) atoms. The number of rotatable bonds is 4. The Kier molecular flexibility index (Phi) is 4.03. The van der Waals surface area contributed by atoms with Gasteiger partial charge in [-0.3, -0.25) is 0 Å². The Bertz CT molecular complexity index is 355. The molecule has 2 nitrogen and oxygen atoms in total.